The second kappa shape index (κ2) is 10.6. The topological polar surface area (TPSA) is 91.3 Å². The fourth-order valence-corrected chi connectivity index (χ4v) is 4.22. The van der Waals surface area contributed by atoms with Crippen LogP contribution in [0.15, 0.2) is 54.6 Å². The Morgan fingerprint density at radius 2 is 1.69 bits per heavy atom. The van der Waals surface area contributed by atoms with Gasteiger partial charge in [-0.2, -0.15) is 0 Å². The molecule has 3 aromatic carbocycles. The molecule has 0 bridgehead atoms. The molecule has 10 heteroatoms. The lowest BCUT2D eigenvalue weighted by Gasteiger charge is -2.13. The summed E-state index contributed by atoms with van der Waals surface area (Å²) in [5, 5.41) is 14.6. The van der Waals surface area contributed by atoms with E-state index in [1.807, 2.05) is 0 Å². The van der Waals surface area contributed by atoms with Crippen LogP contribution in [0.1, 0.15) is 31.1 Å². The first kappa shape index (κ1) is 25.7. The molecule has 0 saturated carbocycles. The first-order chi connectivity index (χ1) is 16.2. The number of thiazole rings is 1. The number of amides is 1. The summed E-state index contributed by atoms with van der Waals surface area (Å²) >= 11 is 1.18. The van der Waals surface area contributed by atoms with Crippen LogP contribution < -0.4 is 10.6 Å². The maximum Gasteiger partial charge on any atom is 0.326 e. The standard InChI is InChI=1S/C24H18F3N3O3S.CH4/c1-2-18(23(32)33)28-22(31)15-6-3-12(9-16(15)26)13-4-7-19(17(27)10-13)29-24-30-20-8-5-14(25)11-21(20)34-24;/h3-11,18H,2H2,1H3,(H,28,31)(H,29,30)(H,32,33);1H4/t18-;/m0./s1. The Morgan fingerprint density at radius 1 is 1.00 bits per heavy atom. The lowest BCUT2D eigenvalue weighted by molar-refractivity contribution is -0.139. The number of hydrogen-bond donors (Lipinski definition) is 3. The minimum absolute atomic E-state index is 0. The van der Waals surface area contributed by atoms with E-state index in [9.17, 15) is 22.8 Å². The quantitative estimate of drug-likeness (QED) is 0.274. The Morgan fingerprint density at radius 3 is 2.31 bits per heavy atom. The predicted molar refractivity (Wildman–Crippen MR) is 131 cm³/mol. The molecule has 1 aromatic heterocycles. The molecule has 0 fully saturated rings. The van der Waals surface area contributed by atoms with Gasteiger partial charge in [0.25, 0.3) is 5.91 Å². The maximum atomic E-state index is 14.7. The molecule has 1 heterocycles. The number of nitrogens with one attached hydrogen (secondary N) is 2. The summed E-state index contributed by atoms with van der Waals surface area (Å²) in [5.74, 6) is -3.92. The van der Waals surface area contributed by atoms with Crippen molar-refractivity contribution in [3.63, 3.8) is 0 Å². The molecule has 0 spiro atoms. The van der Waals surface area contributed by atoms with Gasteiger partial charge in [0.05, 0.1) is 21.5 Å². The second-order valence-electron chi connectivity index (χ2n) is 7.42. The summed E-state index contributed by atoms with van der Waals surface area (Å²) in [6.07, 6.45) is 0.147. The maximum absolute atomic E-state index is 14.7. The molecule has 3 N–H and O–H groups in total. The summed E-state index contributed by atoms with van der Waals surface area (Å²) < 4.78 is 43.3. The van der Waals surface area contributed by atoms with E-state index in [1.165, 1.54) is 53.8 Å². The zero-order chi connectivity index (χ0) is 24.4. The fourth-order valence-electron chi connectivity index (χ4n) is 3.32. The largest absolute Gasteiger partial charge is 0.480 e. The van der Waals surface area contributed by atoms with Crippen molar-refractivity contribution in [2.75, 3.05) is 5.32 Å². The van der Waals surface area contributed by atoms with Crippen molar-refractivity contribution in [3.05, 3.63) is 77.6 Å². The van der Waals surface area contributed by atoms with Gasteiger partial charge in [-0.25, -0.2) is 22.9 Å². The average Bonchev–Trinajstić information content (AvgIpc) is 3.19. The van der Waals surface area contributed by atoms with Crippen LogP contribution in [-0.4, -0.2) is 28.0 Å². The van der Waals surface area contributed by atoms with Gasteiger partial charge in [-0.1, -0.05) is 37.8 Å². The van der Waals surface area contributed by atoms with Crippen molar-refractivity contribution in [3.8, 4) is 11.1 Å². The highest BCUT2D eigenvalue weighted by molar-refractivity contribution is 7.22. The van der Waals surface area contributed by atoms with E-state index in [0.717, 1.165) is 6.07 Å². The van der Waals surface area contributed by atoms with Crippen LogP contribution in [0.3, 0.4) is 0 Å². The molecule has 0 unspecified atom stereocenters. The van der Waals surface area contributed by atoms with E-state index in [0.29, 0.717) is 26.5 Å². The molecule has 0 aliphatic heterocycles. The Labute approximate surface area is 203 Å². The van der Waals surface area contributed by atoms with Crippen molar-refractivity contribution >= 4 is 44.2 Å². The minimum Gasteiger partial charge on any atom is -0.480 e. The third kappa shape index (κ3) is 5.60. The normalized spacial score (nSPS) is 11.5. The molecule has 182 valence electrons. The van der Waals surface area contributed by atoms with Crippen LogP contribution in [0.5, 0.6) is 0 Å². The van der Waals surface area contributed by atoms with E-state index in [-0.39, 0.29) is 30.9 Å². The first-order valence-electron chi connectivity index (χ1n) is 10.2. The van der Waals surface area contributed by atoms with Crippen molar-refractivity contribution in [1.82, 2.24) is 10.3 Å². The lowest BCUT2D eigenvalue weighted by atomic mass is 10.0. The summed E-state index contributed by atoms with van der Waals surface area (Å²) in [6.45, 7) is 1.59. The van der Waals surface area contributed by atoms with Gasteiger partial charge in [0.15, 0.2) is 5.13 Å². The molecule has 4 rings (SSSR count). The number of halogens is 3. The molecular weight excluding hydrogens is 479 g/mol. The molecule has 1 atom stereocenters. The molecule has 6 nitrogen and oxygen atoms in total. The number of anilines is 2. The molecule has 0 radical (unpaired) electrons. The summed E-state index contributed by atoms with van der Waals surface area (Å²) in [6, 6.07) is 11.1. The van der Waals surface area contributed by atoms with Gasteiger partial charge in [-0.3, -0.25) is 4.79 Å². The number of carboxylic acid groups (broad SMARTS) is 1. The van der Waals surface area contributed by atoms with Gasteiger partial charge >= 0.3 is 5.97 Å². The number of aliphatic carboxylic acids is 1. The van der Waals surface area contributed by atoms with Crippen LogP contribution in [-0.2, 0) is 4.79 Å². The number of rotatable bonds is 7. The summed E-state index contributed by atoms with van der Waals surface area (Å²) in [4.78, 5) is 27.6. The molecule has 0 saturated heterocycles. The molecular formula is C25H22F3N3O3S. The highest BCUT2D eigenvalue weighted by atomic mass is 32.1. The van der Waals surface area contributed by atoms with Crippen LogP contribution >= 0.6 is 11.3 Å². The number of hydrogen-bond acceptors (Lipinski definition) is 5. The Balaban J connectivity index is 0.00000342. The zero-order valence-corrected chi connectivity index (χ0v) is 18.6. The minimum atomic E-state index is -1.21. The number of carbonyl (C=O) groups excluding carboxylic acids is 1. The molecule has 0 aliphatic carbocycles. The predicted octanol–water partition coefficient (Wildman–Crippen LogP) is 6.35. The van der Waals surface area contributed by atoms with E-state index >= 15 is 0 Å². The van der Waals surface area contributed by atoms with Crippen molar-refractivity contribution < 1.29 is 27.9 Å². The van der Waals surface area contributed by atoms with Gasteiger partial charge in [0.2, 0.25) is 0 Å². The second-order valence-corrected chi connectivity index (χ2v) is 8.45. The lowest BCUT2D eigenvalue weighted by Crippen LogP contribution is -2.40. The third-order valence-electron chi connectivity index (χ3n) is 5.12. The van der Waals surface area contributed by atoms with Crippen LogP contribution in [0.2, 0.25) is 0 Å². The van der Waals surface area contributed by atoms with Gasteiger partial charge in [0, 0.05) is 0 Å². The van der Waals surface area contributed by atoms with E-state index < -0.39 is 29.6 Å². The van der Waals surface area contributed by atoms with Gasteiger partial charge in [-0.15, -0.1) is 0 Å². The number of fused-ring (bicyclic) bond motifs is 1. The number of carbonyl (C=O) groups is 2. The Hall–Kier alpha value is -3.92. The van der Waals surface area contributed by atoms with E-state index in [2.05, 4.69) is 15.6 Å². The first-order valence-corrected chi connectivity index (χ1v) is 11.0. The van der Waals surface area contributed by atoms with E-state index in [4.69, 9.17) is 5.11 Å². The average molecular weight is 502 g/mol. The molecule has 35 heavy (non-hydrogen) atoms. The number of aromatic nitrogens is 1. The summed E-state index contributed by atoms with van der Waals surface area (Å²) in [5.41, 5.74) is 1.12. The number of benzene rings is 3. The SMILES string of the molecule is C.CC[C@H](NC(=O)c1ccc(-c2ccc(Nc3nc4ccc(F)cc4s3)c(F)c2)cc1F)C(=O)O. The molecule has 1 amide bonds. The van der Waals surface area contributed by atoms with Crippen molar-refractivity contribution in [2.24, 2.45) is 0 Å². The Bertz CT molecular complexity index is 1410. The monoisotopic (exact) mass is 501 g/mol. The zero-order valence-electron chi connectivity index (χ0n) is 17.7. The fraction of sp³-hybridized carbons (Fsp3) is 0.160. The number of nitrogens with zero attached hydrogens (tertiary/aromatic N) is 1. The van der Waals surface area contributed by atoms with Crippen molar-refractivity contribution in [1.29, 1.82) is 0 Å². The van der Waals surface area contributed by atoms with Crippen molar-refractivity contribution in [2.45, 2.75) is 26.8 Å². The highest BCUT2D eigenvalue weighted by Gasteiger charge is 2.21. The van der Waals surface area contributed by atoms with E-state index in [1.54, 1.807) is 13.0 Å². The molecule has 0 aliphatic rings. The summed E-state index contributed by atoms with van der Waals surface area (Å²) in [7, 11) is 0. The smallest absolute Gasteiger partial charge is 0.326 e. The molecule has 4 aromatic rings. The van der Waals surface area contributed by atoms with Crippen LogP contribution in [0.25, 0.3) is 21.3 Å². The number of carboxylic acids is 1. The third-order valence-corrected chi connectivity index (χ3v) is 6.05. The van der Waals surface area contributed by atoms with Gasteiger partial charge < -0.3 is 15.7 Å². The van der Waals surface area contributed by atoms with Crippen LogP contribution in [0, 0.1) is 17.5 Å². The van der Waals surface area contributed by atoms with Crippen LogP contribution in [0.4, 0.5) is 24.0 Å². The Kier molecular flexibility index (Phi) is 7.75. The highest BCUT2D eigenvalue weighted by Crippen LogP contribution is 2.31. The van der Waals surface area contributed by atoms with Gasteiger partial charge in [-0.05, 0) is 60.0 Å². The van der Waals surface area contributed by atoms with Gasteiger partial charge in [0.1, 0.15) is 23.5 Å².